The summed E-state index contributed by atoms with van der Waals surface area (Å²) in [6, 6.07) is 8.46. The third kappa shape index (κ3) is 3.86. The molecule has 0 bridgehead atoms. The number of halogens is 2. The average molecular weight is 395 g/mol. The summed E-state index contributed by atoms with van der Waals surface area (Å²) in [5.41, 5.74) is 0.566. The molecule has 2 amide bonds. The molecule has 1 fully saturated rings. The molecule has 2 aromatic rings. The van der Waals surface area contributed by atoms with Gasteiger partial charge in [-0.25, -0.2) is 0 Å². The van der Waals surface area contributed by atoms with Gasteiger partial charge in [0.25, 0.3) is 11.8 Å². The Bertz CT molecular complexity index is 844. The SMILES string of the molecule is O=C(c1cc(O)cc(O)c1)N1CCN(C(=O)c2ccc(Cl)cc2Cl)CC1. The van der Waals surface area contributed by atoms with E-state index in [4.69, 9.17) is 23.2 Å². The zero-order chi connectivity index (χ0) is 18.8. The summed E-state index contributed by atoms with van der Waals surface area (Å²) >= 11 is 11.9. The first kappa shape index (κ1) is 18.4. The predicted molar refractivity (Wildman–Crippen MR) is 98.0 cm³/mol. The molecule has 0 saturated carbocycles. The van der Waals surface area contributed by atoms with Crippen molar-refractivity contribution in [1.82, 2.24) is 9.80 Å². The van der Waals surface area contributed by atoms with Crippen molar-refractivity contribution in [3.63, 3.8) is 0 Å². The Morgan fingerprint density at radius 2 is 1.35 bits per heavy atom. The summed E-state index contributed by atoms with van der Waals surface area (Å²) in [4.78, 5) is 28.3. The maximum Gasteiger partial charge on any atom is 0.255 e. The molecule has 1 saturated heterocycles. The van der Waals surface area contributed by atoms with E-state index in [1.54, 1.807) is 21.9 Å². The predicted octanol–water partition coefficient (Wildman–Crippen LogP) is 3.00. The van der Waals surface area contributed by atoms with Gasteiger partial charge in [-0.3, -0.25) is 9.59 Å². The fourth-order valence-electron chi connectivity index (χ4n) is 2.85. The van der Waals surface area contributed by atoms with E-state index in [9.17, 15) is 19.8 Å². The Morgan fingerprint density at radius 1 is 0.808 bits per heavy atom. The van der Waals surface area contributed by atoms with Crippen molar-refractivity contribution < 1.29 is 19.8 Å². The standard InChI is InChI=1S/C18H16Cl2N2O4/c19-12-1-2-15(16(20)9-12)18(26)22-5-3-21(4-6-22)17(25)11-7-13(23)10-14(24)8-11/h1-2,7-10,23-24H,3-6H2. The number of phenols is 2. The van der Waals surface area contributed by atoms with Gasteiger partial charge < -0.3 is 20.0 Å². The highest BCUT2D eigenvalue weighted by Gasteiger charge is 2.26. The lowest BCUT2D eigenvalue weighted by Crippen LogP contribution is -2.50. The third-order valence-electron chi connectivity index (χ3n) is 4.17. The number of piperazine rings is 1. The van der Waals surface area contributed by atoms with E-state index in [-0.39, 0.29) is 33.9 Å². The van der Waals surface area contributed by atoms with Gasteiger partial charge in [-0.05, 0) is 30.3 Å². The molecule has 8 heteroatoms. The molecule has 3 rings (SSSR count). The Kier molecular flexibility index (Phi) is 5.25. The highest BCUT2D eigenvalue weighted by Crippen LogP contribution is 2.24. The van der Waals surface area contributed by atoms with E-state index in [1.807, 2.05) is 0 Å². The zero-order valence-electron chi connectivity index (χ0n) is 13.7. The summed E-state index contributed by atoms with van der Waals surface area (Å²) in [7, 11) is 0. The number of aromatic hydroxyl groups is 2. The largest absolute Gasteiger partial charge is 0.508 e. The van der Waals surface area contributed by atoms with Gasteiger partial charge in [-0.15, -0.1) is 0 Å². The van der Waals surface area contributed by atoms with Gasteiger partial charge in [0.2, 0.25) is 0 Å². The van der Waals surface area contributed by atoms with Crippen LogP contribution in [-0.4, -0.2) is 58.0 Å². The molecule has 0 aromatic heterocycles. The molecule has 6 nitrogen and oxygen atoms in total. The fraction of sp³-hybridized carbons (Fsp3) is 0.222. The van der Waals surface area contributed by atoms with Crippen molar-refractivity contribution in [3.05, 3.63) is 57.6 Å². The molecule has 0 atom stereocenters. The van der Waals surface area contributed by atoms with E-state index >= 15 is 0 Å². The van der Waals surface area contributed by atoms with Gasteiger partial charge >= 0.3 is 0 Å². The topological polar surface area (TPSA) is 81.1 Å². The van der Waals surface area contributed by atoms with Crippen LogP contribution in [0.15, 0.2) is 36.4 Å². The van der Waals surface area contributed by atoms with Gasteiger partial charge in [-0.2, -0.15) is 0 Å². The first-order valence-electron chi connectivity index (χ1n) is 7.92. The number of carbonyl (C=O) groups is 2. The second-order valence-electron chi connectivity index (χ2n) is 5.95. The van der Waals surface area contributed by atoms with Crippen molar-refractivity contribution in [3.8, 4) is 11.5 Å². The van der Waals surface area contributed by atoms with Crippen LogP contribution < -0.4 is 0 Å². The Hall–Kier alpha value is -2.44. The Balaban J connectivity index is 1.67. The molecule has 2 aromatic carbocycles. The lowest BCUT2D eigenvalue weighted by molar-refractivity contribution is 0.0535. The molecule has 0 spiro atoms. The Labute approximate surface area is 160 Å². The van der Waals surface area contributed by atoms with Crippen molar-refractivity contribution in [2.45, 2.75) is 0 Å². The number of phenolic OH excluding ortho intramolecular Hbond substituents is 2. The Morgan fingerprint density at radius 3 is 1.88 bits per heavy atom. The number of rotatable bonds is 2. The molecule has 1 aliphatic heterocycles. The van der Waals surface area contributed by atoms with E-state index < -0.39 is 0 Å². The van der Waals surface area contributed by atoms with Gasteiger partial charge in [-0.1, -0.05) is 23.2 Å². The van der Waals surface area contributed by atoms with Crippen LogP contribution in [0.3, 0.4) is 0 Å². The fourth-order valence-corrected chi connectivity index (χ4v) is 3.34. The number of amides is 2. The first-order valence-corrected chi connectivity index (χ1v) is 8.67. The summed E-state index contributed by atoms with van der Waals surface area (Å²) < 4.78 is 0. The van der Waals surface area contributed by atoms with E-state index in [1.165, 1.54) is 18.2 Å². The second-order valence-corrected chi connectivity index (χ2v) is 6.79. The molecular weight excluding hydrogens is 379 g/mol. The van der Waals surface area contributed by atoms with Gasteiger partial charge in [0, 0.05) is 42.8 Å². The van der Waals surface area contributed by atoms with Crippen molar-refractivity contribution in [2.75, 3.05) is 26.2 Å². The van der Waals surface area contributed by atoms with Crippen LogP contribution in [0.2, 0.25) is 10.0 Å². The van der Waals surface area contributed by atoms with Crippen LogP contribution in [0, 0.1) is 0 Å². The lowest BCUT2D eigenvalue weighted by atomic mass is 10.1. The van der Waals surface area contributed by atoms with Crippen LogP contribution in [0.4, 0.5) is 0 Å². The minimum absolute atomic E-state index is 0.181. The zero-order valence-corrected chi connectivity index (χ0v) is 15.2. The van der Waals surface area contributed by atoms with Crippen molar-refractivity contribution in [1.29, 1.82) is 0 Å². The molecule has 26 heavy (non-hydrogen) atoms. The van der Waals surface area contributed by atoms with Crippen molar-refractivity contribution in [2.24, 2.45) is 0 Å². The molecule has 0 unspecified atom stereocenters. The molecule has 1 heterocycles. The molecular formula is C18H16Cl2N2O4. The van der Waals surface area contributed by atoms with Gasteiger partial charge in [0.05, 0.1) is 10.6 Å². The average Bonchev–Trinajstić information content (AvgIpc) is 2.60. The molecule has 136 valence electrons. The lowest BCUT2D eigenvalue weighted by Gasteiger charge is -2.35. The van der Waals surface area contributed by atoms with Crippen LogP contribution >= 0.6 is 23.2 Å². The van der Waals surface area contributed by atoms with Crippen LogP contribution in [0.1, 0.15) is 20.7 Å². The van der Waals surface area contributed by atoms with Gasteiger partial charge in [0.1, 0.15) is 11.5 Å². The molecule has 0 radical (unpaired) electrons. The number of nitrogens with zero attached hydrogens (tertiary/aromatic N) is 2. The molecule has 1 aliphatic rings. The maximum absolute atomic E-state index is 12.6. The van der Waals surface area contributed by atoms with E-state index in [0.29, 0.717) is 36.8 Å². The highest BCUT2D eigenvalue weighted by atomic mass is 35.5. The van der Waals surface area contributed by atoms with Crippen LogP contribution in [0.25, 0.3) is 0 Å². The van der Waals surface area contributed by atoms with Crippen LogP contribution in [-0.2, 0) is 0 Å². The summed E-state index contributed by atoms with van der Waals surface area (Å²) in [5, 5.41) is 19.8. The number of hydrogen-bond donors (Lipinski definition) is 2. The van der Waals surface area contributed by atoms with E-state index in [0.717, 1.165) is 6.07 Å². The van der Waals surface area contributed by atoms with E-state index in [2.05, 4.69) is 0 Å². The van der Waals surface area contributed by atoms with Crippen LogP contribution in [0.5, 0.6) is 11.5 Å². The highest BCUT2D eigenvalue weighted by molar-refractivity contribution is 6.36. The summed E-state index contributed by atoms with van der Waals surface area (Å²) in [5.74, 6) is -0.888. The van der Waals surface area contributed by atoms with Crippen molar-refractivity contribution >= 4 is 35.0 Å². The molecule has 0 aliphatic carbocycles. The smallest absolute Gasteiger partial charge is 0.255 e. The summed E-state index contributed by atoms with van der Waals surface area (Å²) in [6.07, 6.45) is 0. The number of hydrogen-bond acceptors (Lipinski definition) is 4. The maximum atomic E-state index is 12.6. The third-order valence-corrected chi connectivity index (χ3v) is 4.71. The quantitative estimate of drug-likeness (QED) is 0.819. The van der Waals surface area contributed by atoms with Gasteiger partial charge in [0.15, 0.2) is 0 Å². The minimum atomic E-state index is -0.312. The first-order chi connectivity index (χ1) is 12.3. The second kappa shape index (κ2) is 7.43. The number of carbonyl (C=O) groups excluding carboxylic acids is 2. The number of benzene rings is 2. The minimum Gasteiger partial charge on any atom is -0.508 e. The normalized spacial score (nSPS) is 14.4. The monoisotopic (exact) mass is 394 g/mol. The summed E-state index contributed by atoms with van der Waals surface area (Å²) in [6.45, 7) is 1.39. The molecule has 2 N–H and O–H groups in total.